The summed E-state index contributed by atoms with van der Waals surface area (Å²) in [6.07, 6.45) is -3.24. The number of aromatic nitrogens is 2. The minimum absolute atomic E-state index is 0.0172. The molecule has 0 atom stereocenters. The van der Waals surface area contributed by atoms with Crippen LogP contribution in [0.3, 0.4) is 0 Å². The topological polar surface area (TPSA) is 76.4 Å². The number of alkyl halides is 3. The van der Waals surface area contributed by atoms with E-state index in [-0.39, 0.29) is 24.0 Å². The van der Waals surface area contributed by atoms with Gasteiger partial charge < -0.3 is 19.7 Å². The smallest absolute Gasteiger partial charge is 0.406 e. The van der Waals surface area contributed by atoms with E-state index in [9.17, 15) is 23.1 Å². The van der Waals surface area contributed by atoms with Gasteiger partial charge in [-0.25, -0.2) is 4.98 Å². The van der Waals surface area contributed by atoms with Gasteiger partial charge in [-0.3, -0.25) is 4.79 Å². The summed E-state index contributed by atoms with van der Waals surface area (Å²) >= 11 is 7.08. The summed E-state index contributed by atoms with van der Waals surface area (Å²) in [6, 6.07) is 12.1. The van der Waals surface area contributed by atoms with E-state index in [0.717, 1.165) is 17.7 Å². The van der Waals surface area contributed by atoms with Gasteiger partial charge in [0.2, 0.25) is 5.91 Å². The Morgan fingerprint density at radius 1 is 1.16 bits per heavy atom. The molecule has 2 N–H and O–H groups in total. The number of hydrogen-bond donors (Lipinski definition) is 2. The molecular formula is C20H17ClF3N3O3S. The zero-order valence-electron chi connectivity index (χ0n) is 15.9. The molecule has 1 aromatic heterocycles. The van der Waals surface area contributed by atoms with Gasteiger partial charge in [0, 0.05) is 17.3 Å². The summed E-state index contributed by atoms with van der Waals surface area (Å²) < 4.78 is 42.2. The number of rotatable bonds is 8. The number of halogens is 4. The number of carbonyl (C=O) groups is 1. The molecule has 3 aromatic rings. The molecule has 0 fully saturated rings. The average Bonchev–Trinajstić information content (AvgIpc) is 3.10. The first-order valence-electron chi connectivity index (χ1n) is 8.91. The van der Waals surface area contributed by atoms with Crippen molar-refractivity contribution >= 4 is 35.0 Å². The van der Waals surface area contributed by atoms with Crippen LogP contribution in [0.2, 0.25) is 5.02 Å². The summed E-state index contributed by atoms with van der Waals surface area (Å²) in [4.78, 5) is 16.5. The summed E-state index contributed by atoms with van der Waals surface area (Å²) in [5.74, 6) is -0.717. The van der Waals surface area contributed by atoms with Crippen molar-refractivity contribution in [3.63, 3.8) is 0 Å². The molecule has 0 radical (unpaired) electrons. The van der Waals surface area contributed by atoms with Crippen molar-refractivity contribution in [2.24, 2.45) is 0 Å². The number of aliphatic hydroxyl groups excluding tert-OH is 1. The Bertz CT molecular complexity index is 1020. The Morgan fingerprint density at radius 3 is 2.45 bits per heavy atom. The van der Waals surface area contributed by atoms with Crippen LogP contribution in [0.15, 0.2) is 59.9 Å². The molecule has 0 aliphatic carbocycles. The number of benzene rings is 2. The summed E-state index contributed by atoms with van der Waals surface area (Å²) in [6.45, 7) is 0.234. The zero-order valence-corrected chi connectivity index (χ0v) is 17.5. The number of ether oxygens (including phenoxy) is 1. The van der Waals surface area contributed by atoms with Gasteiger partial charge in [-0.1, -0.05) is 35.5 Å². The fourth-order valence-corrected chi connectivity index (χ4v) is 3.57. The third kappa shape index (κ3) is 6.91. The molecule has 0 saturated carbocycles. The van der Waals surface area contributed by atoms with Crippen molar-refractivity contribution in [2.75, 3.05) is 11.1 Å². The highest BCUT2D eigenvalue weighted by atomic mass is 35.5. The monoisotopic (exact) mass is 471 g/mol. The van der Waals surface area contributed by atoms with Gasteiger partial charge in [-0.2, -0.15) is 0 Å². The standard InChI is InChI=1S/C20H17ClF3N3O3S/c21-14-3-1-13(2-4-14)10-27-16(11-28)9-25-19(27)31-12-18(29)26-15-5-7-17(8-6-15)30-20(22,23)24/h1-9,28H,10-12H2,(H,26,29). The van der Waals surface area contributed by atoms with Crippen LogP contribution in [0.5, 0.6) is 5.75 Å². The second-order valence-electron chi connectivity index (χ2n) is 6.31. The van der Waals surface area contributed by atoms with Gasteiger partial charge in [0.05, 0.1) is 24.3 Å². The molecule has 0 bridgehead atoms. The van der Waals surface area contributed by atoms with E-state index in [0.29, 0.717) is 28.1 Å². The van der Waals surface area contributed by atoms with Crippen molar-refractivity contribution in [1.29, 1.82) is 0 Å². The highest BCUT2D eigenvalue weighted by molar-refractivity contribution is 7.99. The molecule has 164 valence electrons. The van der Waals surface area contributed by atoms with Crippen molar-refractivity contribution in [2.45, 2.75) is 24.7 Å². The Hall–Kier alpha value is -2.69. The maximum absolute atomic E-state index is 12.2. The van der Waals surface area contributed by atoms with E-state index in [2.05, 4.69) is 15.0 Å². The van der Waals surface area contributed by atoms with Gasteiger partial charge in [0.25, 0.3) is 0 Å². The number of aliphatic hydroxyl groups is 1. The minimum atomic E-state index is -4.78. The average molecular weight is 472 g/mol. The molecule has 1 amide bonds. The molecule has 0 unspecified atom stereocenters. The number of carbonyl (C=O) groups excluding carboxylic acids is 1. The lowest BCUT2D eigenvalue weighted by molar-refractivity contribution is -0.274. The third-order valence-electron chi connectivity index (χ3n) is 4.02. The molecule has 31 heavy (non-hydrogen) atoms. The predicted octanol–water partition coefficient (Wildman–Crippen LogP) is 4.71. The number of nitrogens with zero attached hydrogens (tertiary/aromatic N) is 2. The quantitative estimate of drug-likeness (QED) is 0.465. The lowest BCUT2D eigenvalue weighted by Gasteiger charge is -2.11. The fourth-order valence-electron chi connectivity index (χ4n) is 2.64. The molecule has 1 heterocycles. The van der Waals surface area contributed by atoms with E-state index in [1.165, 1.54) is 30.1 Å². The van der Waals surface area contributed by atoms with Crippen molar-refractivity contribution < 1.29 is 27.8 Å². The first-order chi connectivity index (χ1) is 14.7. The van der Waals surface area contributed by atoms with Crippen LogP contribution in [-0.4, -0.2) is 32.7 Å². The van der Waals surface area contributed by atoms with Crippen molar-refractivity contribution in [3.05, 3.63) is 71.0 Å². The molecule has 2 aromatic carbocycles. The number of hydrogen-bond acceptors (Lipinski definition) is 5. The maximum atomic E-state index is 12.2. The summed E-state index contributed by atoms with van der Waals surface area (Å²) in [5.41, 5.74) is 1.88. The first-order valence-corrected chi connectivity index (χ1v) is 10.3. The molecular weight excluding hydrogens is 455 g/mol. The minimum Gasteiger partial charge on any atom is -0.406 e. The number of thioether (sulfide) groups is 1. The van der Waals surface area contributed by atoms with Gasteiger partial charge in [-0.15, -0.1) is 13.2 Å². The van der Waals surface area contributed by atoms with Crippen LogP contribution in [0.4, 0.5) is 18.9 Å². The van der Waals surface area contributed by atoms with E-state index < -0.39 is 6.36 Å². The van der Waals surface area contributed by atoms with Gasteiger partial charge in [-0.05, 0) is 42.0 Å². The van der Waals surface area contributed by atoms with E-state index in [4.69, 9.17) is 11.6 Å². The third-order valence-corrected chi connectivity index (χ3v) is 5.26. The summed E-state index contributed by atoms with van der Waals surface area (Å²) in [7, 11) is 0. The molecule has 6 nitrogen and oxygen atoms in total. The second-order valence-corrected chi connectivity index (χ2v) is 7.69. The Morgan fingerprint density at radius 2 is 1.84 bits per heavy atom. The van der Waals surface area contributed by atoms with Gasteiger partial charge in [0.1, 0.15) is 5.75 Å². The molecule has 0 saturated heterocycles. The van der Waals surface area contributed by atoms with E-state index >= 15 is 0 Å². The van der Waals surface area contributed by atoms with Gasteiger partial charge in [0.15, 0.2) is 5.16 Å². The highest BCUT2D eigenvalue weighted by Gasteiger charge is 2.30. The molecule has 0 aliphatic rings. The van der Waals surface area contributed by atoms with Crippen LogP contribution < -0.4 is 10.1 Å². The Labute approximate surface area is 185 Å². The van der Waals surface area contributed by atoms with Gasteiger partial charge >= 0.3 is 6.36 Å². The maximum Gasteiger partial charge on any atom is 0.573 e. The van der Waals surface area contributed by atoms with E-state index in [1.807, 2.05) is 12.1 Å². The molecule has 11 heteroatoms. The number of anilines is 1. The van der Waals surface area contributed by atoms with Crippen LogP contribution >= 0.6 is 23.4 Å². The SMILES string of the molecule is O=C(CSc1ncc(CO)n1Cc1ccc(Cl)cc1)Nc1ccc(OC(F)(F)F)cc1. The van der Waals surface area contributed by atoms with E-state index in [1.54, 1.807) is 16.7 Å². The van der Waals surface area contributed by atoms with Crippen molar-refractivity contribution in [1.82, 2.24) is 9.55 Å². The molecule has 3 rings (SSSR count). The van der Waals surface area contributed by atoms with Crippen LogP contribution in [0.1, 0.15) is 11.3 Å². The fraction of sp³-hybridized carbons (Fsp3) is 0.200. The predicted molar refractivity (Wildman–Crippen MR) is 111 cm³/mol. The largest absolute Gasteiger partial charge is 0.573 e. The highest BCUT2D eigenvalue weighted by Crippen LogP contribution is 2.25. The van der Waals surface area contributed by atoms with Crippen LogP contribution in [-0.2, 0) is 17.9 Å². The zero-order chi connectivity index (χ0) is 22.4. The normalized spacial score (nSPS) is 11.4. The van der Waals surface area contributed by atoms with Crippen LogP contribution in [0.25, 0.3) is 0 Å². The molecule has 0 aliphatic heterocycles. The molecule has 0 spiro atoms. The summed E-state index contributed by atoms with van der Waals surface area (Å²) in [5, 5.41) is 13.3. The number of imidazole rings is 1. The number of amides is 1. The lowest BCUT2D eigenvalue weighted by atomic mass is 10.2. The number of nitrogens with one attached hydrogen (secondary N) is 1. The lowest BCUT2D eigenvalue weighted by Crippen LogP contribution is -2.17. The van der Waals surface area contributed by atoms with Crippen LogP contribution in [0, 0.1) is 0 Å². The Balaban J connectivity index is 1.60. The van der Waals surface area contributed by atoms with Crippen molar-refractivity contribution in [3.8, 4) is 5.75 Å². The Kier molecular flexibility index (Phi) is 7.47. The first kappa shape index (κ1) is 23.0. The second kappa shape index (κ2) is 10.1.